The van der Waals surface area contributed by atoms with Crippen LogP contribution in [0, 0.1) is 0 Å². The highest BCUT2D eigenvalue weighted by atomic mass is 16.5. The van der Waals surface area contributed by atoms with Gasteiger partial charge in [-0.3, -0.25) is 4.79 Å². The minimum atomic E-state index is -0.218. The topological polar surface area (TPSA) is 38.8 Å². The number of rotatable bonds is 12. The van der Waals surface area contributed by atoms with Gasteiger partial charge in [0.1, 0.15) is 18.1 Å². The molecule has 0 aliphatic rings. The summed E-state index contributed by atoms with van der Waals surface area (Å²) in [5.41, 5.74) is 5.76. The molecular formula is C34H35NO3. The number of para-hydroxylation sites is 1. The molecule has 0 amide bonds. The van der Waals surface area contributed by atoms with E-state index in [1.54, 1.807) is 12.1 Å². The van der Waals surface area contributed by atoms with Crippen LogP contribution in [0.3, 0.4) is 0 Å². The Bertz CT molecular complexity index is 1300. The summed E-state index contributed by atoms with van der Waals surface area (Å²) in [4.78, 5) is 14.7. The third kappa shape index (κ3) is 7.92. The molecule has 0 aliphatic carbocycles. The van der Waals surface area contributed by atoms with Gasteiger partial charge in [-0.2, -0.15) is 0 Å². The molecule has 4 nitrogen and oxygen atoms in total. The quantitative estimate of drug-likeness (QED) is 0.115. The standard InChI is InChI=1S/C34H35NO3/c1-35(2)25-26-37-30-23-21-29(22-24-30)34(28-15-8-4-9-16-28)32(27-13-6-3-7-14-27)19-12-20-33(36)38-31-17-10-5-11-18-31/h3-11,13-18,21-24H,12,19-20,25-26H2,1-2H3/b34-32-. The van der Waals surface area contributed by atoms with Gasteiger partial charge in [-0.15, -0.1) is 0 Å². The van der Waals surface area contributed by atoms with E-state index in [2.05, 4.69) is 65.6 Å². The molecule has 0 saturated carbocycles. The van der Waals surface area contributed by atoms with Crippen LogP contribution < -0.4 is 9.47 Å². The number of ether oxygens (including phenoxy) is 2. The maximum atomic E-state index is 12.6. The van der Waals surface area contributed by atoms with Gasteiger partial charge >= 0.3 is 5.97 Å². The van der Waals surface area contributed by atoms with Crippen LogP contribution in [-0.2, 0) is 4.79 Å². The second-order valence-corrected chi connectivity index (χ2v) is 9.40. The molecule has 38 heavy (non-hydrogen) atoms. The molecule has 0 heterocycles. The molecule has 0 radical (unpaired) electrons. The molecule has 0 aliphatic heterocycles. The molecule has 194 valence electrons. The number of allylic oxidation sites excluding steroid dienone is 1. The van der Waals surface area contributed by atoms with Gasteiger partial charge in [-0.25, -0.2) is 0 Å². The Labute approximate surface area is 226 Å². The van der Waals surface area contributed by atoms with Gasteiger partial charge in [0.05, 0.1) is 0 Å². The molecule has 0 atom stereocenters. The second-order valence-electron chi connectivity index (χ2n) is 9.40. The summed E-state index contributed by atoms with van der Waals surface area (Å²) in [5, 5.41) is 0. The highest BCUT2D eigenvalue weighted by Gasteiger charge is 2.15. The van der Waals surface area contributed by atoms with Gasteiger partial charge in [0.2, 0.25) is 0 Å². The van der Waals surface area contributed by atoms with Gasteiger partial charge in [0.15, 0.2) is 0 Å². The summed E-state index contributed by atoms with van der Waals surface area (Å²) in [6.07, 6.45) is 1.75. The average Bonchev–Trinajstić information content (AvgIpc) is 2.94. The number of likely N-dealkylation sites (N-methyl/N-ethyl adjacent to an activating group) is 1. The number of carbonyl (C=O) groups is 1. The normalized spacial score (nSPS) is 11.7. The van der Waals surface area contributed by atoms with E-state index in [4.69, 9.17) is 9.47 Å². The number of nitrogens with zero attached hydrogens (tertiary/aromatic N) is 1. The Kier molecular flexibility index (Phi) is 9.89. The average molecular weight is 506 g/mol. The number of benzene rings is 4. The predicted octanol–water partition coefficient (Wildman–Crippen LogP) is 7.36. The number of hydrogen-bond acceptors (Lipinski definition) is 4. The summed E-state index contributed by atoms with van der Waals surface area (Å²) in [6, 6.07) is 38.4. The van der Waals surface area contributed by atoms with Crippen LogP contribution in [0.2, 0.25) is 0 Å². The third-order valence-corrected chi connectivity index (χ3v) is 6.22. The first-order valence-electron chi connectivity index (χ1n) is 13.1. The number of carbonyl (C=O) groups excluding carboxylic acids is 1. The first-order valence-corrected chi connectivity index (χ1v) is 13.1. The van der Waals surface area contributed by atoms with Crippen LogP contribution in [0.1, 0.15) is 36.0 Å². The first-order chi connectivity index (χ1) is 18.6. The monoisotopic (exact) mass is 505 g/mol. The molecule has 4 aromatic carbocycles. The van der Waals surface area contributed by atoms with Gasteiger partial charge in [-0.1, -0.05) is 91.0 Å². The van der Waals surface area contributed by atoms with Crippen molar-refractivity contribution in [1.82, 2.24) is 4.90 Å². The Morgan fingerprint density at radius 2 is 1.18 bits per heavy atom. The molecule has 0 bridgehead atoms. The van der Waals surface area contributed by atoms with Crippen molar-refractivity contribution < 1.29 is 14.3 Å². The smallest absolute Gasteiger partial charge is 0.311 e. The maximum absolute atomic E-state index is 12.6. The van der Waals surface area contributed by atoms with Gasteiger partial charge in [0.25, 0.3) is 0 Å². The largest absolute Gasteiger partial charge is 0.492 e. The lowest BCUT2D eigenvalue weighted by atomic mass is 9.87. The zero-order valence-corrected chi connectivity index (χ0v) is 22.2. The van der Waals surface area contributed by atoms with Gasteiger partial charge in [0, 0.05) is 13.0 Å². The van der Waals surface area contributed by atoms with E-state index in [0.717, 1.165) is 41.0 Å². The van der Waals surface area contributed by atoms with Gasteiger partial charge < -0.3 is 14.4 Å². The SMILES string of the molecule is CN(C)CCOc1ccc(/C(=C(/CCCC(=O)Oc2ccccc2)c2ccccc2)c2ccccc2)cc1. The summed E-state index contributed by atoms with van der Waals surface area (Å²) >= 11 is 0. The lowest BCUT2D eigenvalue weighted by Crippen LogP contribution is -2.19. The second kappa shape index (κ2) is 14.0. The van der Waals surface area contributed by atoms with E-state index in [9.17, 15) is 4.79 Å². The van der Waals surface area contributed by atoms with E-state index in [-0.39, 0.29) is 5.97 Å². The minimum absolute atomic E-state index is 0.218. The Balaban J connectivity index is 1.62. The minimum Gasteiger partial charge on any atom is -0.492 e. The summed E-state index contributed by atoms with van der Waals surface area (Å²) in [7, 11) is 4.08. The fraction of sp³-hybridized carbons (Fsp3) is 0.206. The zero-order chi connectivity index (χ0) is 26.6. The molecule has 0 N–H and O–H groups in total. The van der Waals surface area contributed by atoms with E-state index >= 15 is 0 Å². The van der Waals surface area contributed by atoms with Crippen molar-refractivity contribution in [3.63, 3.8) is 0 Å². The van der Waals surface area contributed by atoms with Crippen molar-refractivity contribution in [3.8, 4) is 11.5 Å². The summed E-state index contributed by atoms with van der Waals surface area (Å²) in [6.45, 7) is 1.50. The Hall–Kier alpha value is -4.15. The molecule has 4 heteroatoms. The van der Waals surface area contributed by atoms with Crippen molar-refractivity contribution in [2.75, 3.05) is 27.2 Å². The highest BCUT2D eigenvalue weighted by Crippen LogP contribution is 2.36. The van der Waals surface area contributed by atoms with Crippen molar-refractivity contribution in [3.05, 3.63) is 132 Å². The predicted molar refractivity (Wildman–Crippen MR) is 155 cm³/mol. The van der Waals surface area contributed by atoms with Crippen molar-refractivity contribution in [2.45, 2.75) is 19.3 Å². The third-order valence-electron chi connectivity index (χ3n) is 6.22. The van der Waals surface area contributed by atoms with E-state index in [1.165, 1.54) is 5.57 Å². The number of esters is 1. The van der Waals surface area contributed by atoms with Crippen LogP contribution in [0.5, 0.6) is 11.5 Å². The molecule has 0 unspecified atom stereocenters. The van der Waals surface area contributed by atoms with Crippen LogP contribution in [0.15, 0.2) is 115 Å². The molecule has 0 fully saturated rings. The fourth-order valence-electron chi connectivity index (χ4n) is 4.32. The molecule has 0 spiro atoms. The van der Waals surface area contributed by atoms with Crippen LogP contribution in [0.4, 0.5) is 0 Å². The van der Waals surface area contributed by atoms with Crippen molar-refractivity contribution in [1.29, 1.82) is 0 Å². The van der Waals surface area contributed by atoms with Crippen molar-refractivity contribution >= 4 is 17.1 Å². The molecular weight excluding hydrogens is 470 g/mol. The maximum Gasteiger partial charge on any atom is 0.311 e. The molecule has 0 aromatic heterocycles. The fourth-order valence-corrected chi connectivity index (χ4v) is 4.32. The summed E-state index contributed by atoms with van der Waals surface area (Å²) in [5.74, 6) is 1.21. The lowest BCUT2D eigenvalue weighted by molar-refractivity contribution is -0.134. The van der Waals surface area contributed by atoms with E-state index in [1.807, 2.05) is 56.6 Å². The van der Waals surface area contributed by atoms with Gasteiger partial charge in [-0.05, 0) is 79.0 Å². The molecule has 0 saturated heterocycles. The van der Waals surface area contributed by atoms with Crippen molar-refractivity contribution in [2.24, 2.45) is 0 Å². The van der Waals surface area contributed by atoms with Crippen LogP contribution in [0.25, 0.3) is 11.1 Å². The molecule has 4 rings (SSSR count). The Morgan fingerprint density at radius 1 is 0.632 bits per heavy atom. The highest BCUT2D eigenvalue weighted by molar-refractivity contribution is 5.98. The van der Waals surface area contributed by atoms with Crippen LogP contribution >= 0.6 is 0 Å². The summed E-state index contributed by atoms with van der Waals surface area (Å²) < 4.78 is 11.5. The number of hydrogen-bond donors (Lipinski definition) is 0. The van der Waals surface area contributed by atoms with E-state index < -0.39 is 0 Å². The van der Waals surface area contributed by atoms with Crippen LogP contribution in [-0.4, -0.2) is 38.1 Å². The zero-order valence-electron chi connectivity index (χ0n) is 22.2. The lowest BCUT2D eigenvalue weighted by Gasteiger charge is -2.18. The van der Waals surface area contributed by atoms with E-state index in [0.29, 0.717) is 25.2 Å². The Morgan fingerprint density at radius 3 is 1.79 bits per heavy atom. The molecule has 4 aromatic rings. The first kappa shape index (κ1) is 26.9.